The molecule has 1 aliphatic heterocycles. The molecule has 0 unspecified atom stereocenters. The summed E-state index contributed by atoms with van der Waals surface area (Å²) < 4.78 is 4.43. The minimum absolute atomic E-state index is 0.249. The van der Waals surface area contributed by atoms with Crippen LogP contribution in [-0.2, 0) is 19.1 Å². The van der Waals surface area contributed by atoms with Crippen LogP contribution in [0, 0.1) is 0 Å². The van der Waals surface area contributed by atoms with E-state index in [-0.39, 0.29) is 5.57 Å². The number of amides is 1. The number of para-hydroxylation sites is 1. The van der Waals surface area contributed by atoms with Crippen LogP contribution in [0.5, 0.6) is 0 Å². The second-order valence-corrected chi connectivity index (χ2v) is 3.37. The van der Waals surface area contributed by atoms with Gasteiger partial charge in [0.15, 0.2) is 0 Å². The molecule has 0 saturated carbocycles. The monoisotopic (exact) mass is 231 g/mol. The highest BCUT2D eigenvalue weighted by Crippen LogP contribution is 2.22. The molecule has 1 amide bonds. The Labute approximate surface area is 97.3 Å². The Morgan fingerprint density at radius 2 is 1.82 bits per heavy atom. The quantitative estimate of drug-likeness (QED) is 0.426. The summed E-state index contributed by atoms with van der Waals surface area (Å²) >= 11 is 0. The summed E-state index contributed by atoms with van der Waals surface area (Å²) in [5, 5.41) is 0. The third-order valence-corrected chi connectivity index (χ3v) is 2.36. The lowest BCUT2D eigenvalue weighted by atomic mass is 10.2. The van der Waals surface area contributed by atoms with E-state index in [1.165, 1.54) is 6.20 Å². The lowest BCUT2D eigenvalue weighted by Crippen LogP contribution is -2.26. The third-order valence-electron chi connectivity index (χ3n) is 2.36. The zero-order valence-electron chi connectivity index (χ0n) is 9.04. The summed E-state index contributed by atoms with van der Waals surface area (Å²) in [7, 11) is 1.16. The van der Waals surface area contributed by atoms with Crippen LogP contribution >= 0.6 is 0 Å². The van der Waals surface area contributed by atoms with E-state index in [1.807, 2.05) is 0 Å². The zero-order chi connectivity index (χ0) is 12.4. The summed E-state index contributed by atoms with van der Waals surface area (Å²) in [6, 6.07) is 8.59. The molecule has 0 N–H and O–H groups in total. The van der Waals surface area contributed by atoms with Crippen molar-refractivity contribution in [1.82, 2.24) is 0 Å². The van der Waals surface area contributed by atoms with Gasteiger partial charge in [0, 0.05) is 11.9 Å². The Kier molecular flexibility index (Phi) is 2.74. The number of hydrogen-bond acceptors (Lipinski definition) is 4. The molecule has 0 atom stereocenters. The average molecular weight is 231 g/mol. The van der Waals surface area contributed by atoms with Crippen molar-refractivity contribution >= 4 is 23.3 Å². The molecule has 0 bridgehead atoms. The maximum atomic E-state index is 11.7. The van der Waals surface area contributed by atoms with Gasteiger partial charge in [-0.3, -0.25) is 14.5 Å². The normalized spacial score (nSPS) is 14.9. The van der Waals surface area contributed by atoms with Crippen molar-refractivity contribution in [2.75, 3.05) is 12.0 Å². The average Bonchev–Trinajstić information content (AvgIpc) is 2.67. The van der Waals surface area contributed by atoms with Gasteiger partial charge in [0.25, 0.3) is 5.78 Å². The molecule has 2 rings (SSSR count). The Morgan fingerprint density at radius 3 is 2.41 bits per heavy atom. The molecule has 17 heavy (non-hydrogen) atoms. The topological polar surface area (TPSA) is 63.7 Å². The van der Waals surface area contributed by atoms with Gasteiger partial charge in [0.05, 0.1) is 7.11 Å². The van der Waals surface area contributed by atoms with Crippen LogP contribution < -0.4 is 4.90 Å². The van der Waals surface area contributed by atoms with Crippen molar-refractivity contribution in [2.24, 2.45) is 0 Å². The van der Waals surface area contributed by atoms with E-state index in [0.29, 0.717) is 5.69 Å². The Morgan fingerprint density at radius 1 is 1.18 bits per heavy atom. The van der Waals surface area contributed by atoms with E-state index >= 15 is 0 Å². The maximum Gasteiger partial charge on any atom is 0.343 e. The van der Waals surface area contributed by atoms with Gasteiger partial charge in [-0.25, -0.2) is 4.79 Å². The molecule has 1 heterocycles. The van der Waals surface area contributed by atoms with Crippen molar-refractivity contribution in [3.8, 4) is 0 Å². The van der Waals surface area contributed by atoms with E-state index in [1.54, 1.807) is 30.3 Å². The summed E-state index contributed by atoms with van der Waals surface area (Å²) in [6.07, 6.45) is 1.20. The molecule has 0 aliphatic carbocycles. The van der Waals surface area contributed by atoms with Gasteiger partial charge < -0.3 is 4.74 Å². The van der Waals surface area contributed by atoms with E-state index in [9.17, 15) is 14.4 Å². The summed E-state index contributed by atoms with van der Waals surface area (Å²) in [5.74, 6) is -2.40. The van der Waals surface area contributed by atoms with Gasteiger partial charge in [0.2, 0.25) is 0 Å². The molecule has 5 heteroatoms. The fraction of sp³-hybridized carbons (Fsp3) is 0.0833. The highest BCUT2D eigenvalue weighted by atomic mass is 16.5. The molecule has 0 fully saturated rings. The van der Waals surface area contributed by atoms with Gasteiger partial charge >= 0.3 is 11.9 Å². The standard InChI is InChI=1S/C12H9NO4/c1-17-12(16)9-7-13(11(15)10(9)14)8-5-3-2-4-6-8/h2-7H,1H3. The molecule has 1 aromatic carbocycles. The number of rotatable bonds is 2. The fourth-order valence-electron chi connectivity index (χ4n) is 1.51. The van der Waals surface area contributed by atoms with E-state index in [2.05, 4.69) is 4.74 Å². The van der Waals surface area contributed by atoms with Gasteiger partial charge in [-0.15, -0.1) is 0 Å². The van der Waals surface area contributed by atoms with Crippen LogP contribution in [0.25, 0.3) is 0 Å². The van der Waals surface area contributed by atoms with Crippen LogP contribution in [0.1, 0.15) is 0 Å². The molecule has 1 aromatic rings. The number of ketones is 1. The molecular weight excluding hydrogens is 222 g/mol. The number of methoxy groups -OCH3 is 1. The number of carbonyl (C=O) groups excluding carboxylic acids is 3. The number of esters is 1. The van der Waals surface area contributed by atoms with Crippen LogP contribution in [0.3, 0.4) is 0 Å². The first-order valence-electron chi connectivity index (χ1n) is 4.88. The van der Waals surface area contributed by atoms with E-state index < -0.39 is 17.7 Å². The van der Waals surface area contributed by atoms with Crippen LogP contribution in [0.4, 0.5) is 5.69 Å². The minimum Gasteiger partial charge on any atom is -0.465 e. The number of Topliss-reactive ketones (excluding diaryl/α,β-unsaturated/α-hetero) is 1. The molecule has 0 radical (unpaired) electrons. The van der Waals surface area contributed by atoms with Crippen molar-refractivity contribution in [2.45, 2.75) is 0 Å². The number of nitrogens with zero attached hydrogens (tertiary/aromatic N) is 1. The smallest absolute Gasteiger partial charge is 0.343 e. The third kappa shape index (κ3) is 1.82. The zero-order valence-corrected chi connectivity index (χ0v) is 9.04. The predicted octanol–water partition coefficient (Wildman–Crippen LogP) is 0.659. The lowest BCUT2D eigenvalue weighted by Gasteiger charge is -2.11. The minimum atomic E-state index is -0.847. The van der Waals surface area contributed by atoms with Crippen molar-refractivity contribution in [1.29, 1.82) is 0 Å². The highest BCUT2D eigenvalue weighted by molar-refractivity contribution is 6.55. The Balaban J connectivity index is 2.38. The number of hydrogen-bond donors (Lipinski definition) is 0. The Bertz CT molecular complexity index is 519. The van der Waals surface area contributed by atoms with Gasteiger partial charge in [-0.2, -0.15) is 0 Å². The number of anilines is 1. The lowest BCUT2D eigenvalue weighted by molar-refractivity contribution is -0.140. The largest absolute Gasteiger partial charge is 0.465 e. The molecule has 0 saturated heterocycles. The predicted molar refractivity (Wildman–Crippen MR) is 59.0 cm³/mol. The first kappa shape index (κ1) is 11.1. The maximum absolute atomic E-state index is 11.7. The molecule has 1 aliphatic rings. The molecule has 0 aromatic heterocycles. The first-order valence-corrected chi connectivity index (χ1v) is 4.88. The van der Waals surface area contributed by atoms with Crippen LogP contribution in [0.15, 0.2) is 42.1 Å². The number of carbonyl (C=O) groups is 3. The molecule has 86 valence electrons. The van der Waals surface area contributed by atoms with Gasteiger partial charge in [0.1, 0.15) is 5.57 Å². The van der Waals surface area contributed by atoms with Crippen molar-refractivity contribution in [3.63, 3.8) is 0 Å². The second kappa shape index (κ2) is 4.21. The van der Waals surface area contributed by atoms with Crippen LogP contribution in [-0.4, -0.2) is 24.8 Å². The Hall–Kier alpha value is -2.43. The summed E-state index contributed by atoms with van der Waals surface area (Å²) in [5.41, 5.74) is 0.283. The number of ether oxygens (including phenoxy) is 1. The first-order chi connectivity index (χ1) is 8.15. The van der Waals surface area contributed by atoms with E-state index in [0.717, 1.165) is 12.0 Å². The van der Waals surface area contributed by atoms with Crippen molar-refractivity contribution < 1.29 is 19.1 Å². The summed E-state index contributed by atoms with van der Waals surface area (Å²) in [4.78, 5) is 35.6. The molecule has 5 nitrogen and oxygen atoms in total. The fourth-order valence-corrected chi connectivity index (χ4v) is 1.51. The molecule has 0 spiro atoms. The van der Waals surface area contributed by atoms with Crippen LogP contribution in [0.2, 0.25) is 0 Å². The van der Waals surface area contributed by atoms with E-state index in [4.69, 9.17) is 0 Å². The SMILES string of the molecule is COC(=O)C1=CN(c2ccccc2)C(=O)C1=O. The highest BCUT2D eigenvalue weighted by Gasteiger charge is 2.36. The number of benzene rings is 1. The molecular formula is C12H9NO4. The van der Waals surface area contributed by atoms with Crippen molar-refractivity contribution in [3.05, 3.63) is 42.1 Å². The summed E-state index contributed by atoms with van der Waals surface area (Å²) in [6.45, 7) is 0. The van der Waals surface area contributed by atoms with Gasteiger partial charge in [-0.05, 0) is 12.1 Å². The van der Waals surface area contributed by atoms with Gasteiger partial charge in [-0.1, -0.05) is 18.2 Å². The second-order valence-electron chi connectivity index (χ2n) is 3.37.